The Kier molecular flexibility index (Phi) is 3.13. The largest absolute Gasteiger partial charge is 0.481 e. The number of carbonyl (C=O) groups is 2. The number of aliphatic carboxylic acids is 1. The van der Waals surface area contributed by atoms with Crippen molar-refractivity contribution in [3.63, 3.8) is 0 Å². The van der Waals surface area contributed by atoms with Gasteiger partial charge in [-0.3, -0.25) is 9.59 Å². The van der Waals surface area contributed by atoms with E-state index in [-0.39, 0.29) is 12.3 Å². The van der Waals surface area contributed by atoms with Gasteiger partial charge in [-0.05, 0) is 33.1 Å². The van der Waals surface area contributed by atoms with Gasteiger partial charge in [0.1, 0.15) is 5.60 Å². The first kappa shape index (κ1) is 12.7. The quantitative estimate of drug-likeness (QED) is 0.588. The fourth-order valence-electron chi connectivity index (χ4n) is 1.80. The Morgan fingerprint density at radius 2 is 2.12 bits per heavy atom. The third-order valence-corrected chi connectivity index (χ3v) is 2.72. The molecule has 0 saturated heterocycles. The van der Waals surface area contributed by atoms with Crippen LogP contribution in [-0.4, -0.2) is 22.6 Å². The fraction of sp³-hybridized carbons (Fsp3) is 0.667. The summed E-state index contributed by atoms with van der Waals surface area (Å²) in [6.07, 6.45) is 2.00. The number of allylic oxidation sites excluding steroid dienone is 1. The number of hydrogen-bond acceptors (Lipinski definition) is 3. The van der Waals surface area contributed by atoms with E-state index in [1.165, 1.54) is 0 Å². The van der Waals surface area contributed by atoms with Gasteiger partial charge in [0.25, 0.3) is 0 Å². The van der Waals surface area contributed by atoms with Crippen LogP contribution in [0.1, 0.15) is 33.6 Å². The Bertz CT molecular complexity index is 326. The molecule has 0 heterocycles. The molecule has 0 spiro atoms. The number of carbonyl (C=O) groups excluding carboxylic acids is 1. The predicted molar refractivity (Wildman–Crippen MR) is 58.8 cm³/mol. The van der Waals surface area contributed by atoms with Gasteiger partial charge in [-0.25, -0.2) is 0 Å². The van der Waals surface area contributed by atoms with E-state index in [9.17, 15) is 9.59 Å². The number of esters is 1. The maximum atomic E-state index is 11.6. The summed E-state index contributed by atoms with van der Waals surface area (Å²) in [5.74, 6) is -1.51. The third-order valence-electron chi connectivity index (χ3n) is 2.72. The fourth-order valence-corrected chi connectivity index (χ4v) is 1.80. The highest BCUT2D eigenvalue weighted by atomic mass is 16.6. The van der Waals surface area contributed by atoms with E-state index < -0.39 is 23.0 Å². The van der Waals surface area contributed by atoms with Crippen molar-refractivity contribution in [1.82, 2.24) is 0 Å². The average molecular weight is 226 g/mol. The SMILES string of the molecule is C=C[C@@H]1C[C@]1(CC(=O)OC(C)(C)C)C(=O)O. The van der Waals surface area contributed by atoms with E-state index in [2.05, 4.69) is 6.58 Å². The zero-order valence-corrected chi connectivity index (χ0v) is 9.95. The van der Waals surface area contributed by atoms with Crippen molar-refractivity contribution in [2.24, 2.45) is 11.3 Å². The Morgan fingerprint density at radius 3 is 2.44 bits per heavy atom. The van der Waals surface area contributed by atoms with Crippen molar-refractivity contribution in [2.45, 2.75) is 39.2 Å². The first-order chi connectivity index (χ1) is 7.21. The molecule has 0 aromatic carbocycles. The van der Waals surface area contributed by atoms with Crippen molar-refractivity contribution >= 4 is 11.9 Å². The van der Waals surface area contributed by atoms with Gasteiger partial charge < -0.3 is 9.84 Å². The van der Waals surface area contributed by atoms with Gasteiger partial charge in [-0.1, -0.05) is 6.08 Å². The van der Waals surface area contributed by atoms with Gasteiger partial charge in [0.05, 0.1) is 11.8 Å². The molecule has 0 aromatic heterocycles. The van der Waals surface area contributed by atoms with E-state index in [1.54, 1.807) is 26.8 Å². The van der Waals surface area contributed by atoms with Crippen molar-refractivity contribution in [1.29, 1.82) is 0 Å². The molecule has 4 heteroatoms. The van der Waals surface area contributed by atoms with Gasteiger partial charge in [-0.2, -0.15) is 0 Å². The van der Waals surface area contributed by atoms with Crippen molar-refractivity contribution in [2.75, 3.05) is 0 Å². The number of carboxylic acids is 1. The summed E-state index contributed by atoms with van der Waals surface area (Å²) in [6, 6.07) is 0. The second kappa shape index (κ2) is 3.92. The van der Waals surface area contributed by atoms with Crippen LogP contribution >= 0.6 is 0 Å². The molecule has 1 aliphatic carbocycles. The summed E-state index contributed by atoms with van der Waals surface area (Å²) in [5.41, 5.74) is -1.54. The molecule has 1 rings (SSSR count). The number of carboxylic acid groups (broad SMARTS) is 1. The van der Waals surface area contributed by atoms with Crippen LogP contribution in [0.4, 0.5) is 0 Å². The van der Waals surface area contributed by atoms with Crippen LogP contribution in [0, 0.1) is 11.3 Å². The van der Waals surface area contributed by atoms with Gasteiger partial charge in [0.2, 0.25) is 0 Å². The highest BCUT2D eigenvalue weighted by Crippen LogP contribution is 2.56. The third kappa shape index (κ3) is 2.62. The molecule has 2 atom stereocenters. The summed E-state index contributed by atoms with van der Waals surface area (Å²) < 4.78 is 5.12. The molecule has 1 saturated carbocycles. The second-order valence-corrected chi connectivity index (χ2v) is 5.27. The Morgan fingerprint density at radius 1 is 1.56 bits per heavy atom. The summed E-state index contributed by atoms with van der Waals surface area (Å²) >= 11 is 0. The molecule has 0 aliphatic heterocycles. The molecule has 0 unspecified atom stereocenters. The van der Waals surface area contributed by atoms with Gasteiger partial charge in [0.15, 0.2) is 0 Å². The van der Waals surface area contributed by atoms with Crippen molar-refractivity contribution < 1.29 is 19.4 Å². The molecule has 4 nitrogen and oxygen atoms in total. The molecule has 90 valence electrons. The second-order valence-electron chi connectivity index (χ2n) is 5.27. The topological polar surface area (TPSA) is 63.6 Å². The highest BCUT2D eigenvalue weighted by molar-refractivity contribution is 5.85. The molecule has 1 aliphatic rings. The van der Waals surface area contributed by atoms with E-state index in [4.69, 9.17) is 9.84 Å². The minimum absolute atomic E-state index is 0.0731. The Balaban J connectivity index is 2.63. The lowest BCUT2D eigenvalue weighted by atomic mass is 9.99. The summed E-state index contributed by atoms with van der Waals surface area (Å²) in [4.78, 5) is 22.7. The lowest BCUT2D eigenvalue weighted by Gasteiger charge is -2.21. The summed E-state index contributed by atoms with van der Waals surface area (Å²) in [5, 5.41) is 9.10. The van der Waals surface area contributed by atoms with Crippen LogP contribution < -0.4 is 0 Å². The highest BCUT2D eigenvalue weighted by Gasteiger charge is 2.60. The zero-order valence-electron chi connectivity index (χ0n) is 9.95. The molecule has 1 fully saturated rings. The lowest BCUT2D eigenvalue weighted by Crippen LogP contribution is -2.28. The molecular weight excluding hydrogens is 208 g/mol. The minimum Gasteiger partial charge on any atom is -0.481 e. The molecule has 16 heavy (non-hydrogen) atoms. The van der Waals surface area contributed by atoms with Crippen LogP contribution in [0.25, 0.3) is 0 Å². The standard InChI is InChI=1S/C12H18O4/c1-5-8-6-12(8,10(14)15)7-9(13)16-11(2,3)4/h5,8H,1,6-7H2,2-4H3,(H,14,15)/t8-,12-/m1/s1. The van der Waals surface area contributed by atoms with Gasteiger partial charge in [0, 0.05) is 0 Å². The monoisotopic (exact) mass is 226 g/mol. The molecule has 0 bridgehead atoms. The van der Waals surface area contributed by atoms with E-state index in [0.29, 0.717) is 6.42 Å². The van der Waals surface area contributed by atoms with Crippen molar-refractivity contribution in [3.05, 3.63) is 12.7 Å². The number of ether oxygens (including phenoxy) is 1. The average Bonchev–Trinajstić information content (AvgIpc) is 2.76. The molecule has 0 radical (unpaired) electrons. The maximum absolute atomic E-state index is 11.6. The number of hydrogen-bond donors (Lipinski definition) is 1. The van der Waals surface area contributed by atoms with Crippen molar-refractivity contribution in [3.8, 4) is 0 Å². The minimum atomic E-state index is -0.968. The lowest BCUT2D eigenvalue weighted by molar-refractivity contribution is -0.161. The molecule has 1 N–H and O–H groups in total. The molecule has 0 aromatic rings. The molecule has 0 amide bonds. The van der Waals surface area contributed by atoms with E-state index >= 15 is 0 Å². The number of rotatable bonds is 4. The Hall–Kier alpha value is -1.32. The van der Waals surface area contributed by atoms with Crippen LogP contribution in [0.15, 0.2) is 12.7 Å². The Labute approximate surface area is 95.3 Å². The summed E-state index contributed by atoms with van der Waals surface area (Å²) in [7, 11) is 0. The summed E-state index contributed by atoms with van der Waals surface area (Å²) in [6.45, 7) is 8.85. The first-order valence-corrected chi connectivity index (χ1v) is 5.29. The zero-order chi connectivity index (χ0) is 12.6. The normalized spacial score (nSPS) is 28.3. The van der Waals surface area contributed by atoms with E-state index in [0.717, 1.165) is 0 Å². The van der Waals surface area contributed by atoms with Crippen LogP contribution in [-0.2, 0) is 14.3 Å². The van der Waals surface area contributed by atoms with Gasteiger partial charge in [-0.15, -0.1) is 6.58 Å². The smallest absolute Gasteiger partial charge is 0.310 e. The van der Waals surface area contributed by atoms with Crippen LogP contribution in [0.2, 0.25) is 0 Å². The molecular formula is C12H18O4. The van der Waals surface area contributed by atoms with E-state index in [1.807, 2.05) is 0 Å². The van der Waals surface area contributed by atoms with Crippen LogP contribution in [0.3, 0.4) is 0 Å². The van der Waals surface area contributed by atoms with Crippen LogP contribution in [0.5, 0.6) is 0 Å². The predicted octanol–water partition coefficient (Wildman–Crippen LogP) is 2.00. The van der Waals surface area contributed by atoms with Gasteiger partial charge >= 0.3 is 11.9 Å². The first-order valence-electron chi connectivity index (χ1n) is 5.29. The maximum Gasteiger partial charge on any atom is 0.310 e.